The lowest BCUT2D eigenvalue weighted by Crippen LogP contribution is -2.29. The van der Waals surface area contributed by atoms with Crippen molar-refractivity contribution >= 4 is 35.4 Å². The molecular formula is C18H20FN3O5S. The van der Waals surface area contributed by atoms with E-state index in [1.165, 1.54) is 6.07 Å². The number of benzene rings is 1. The lowest BCUT2D eigenvalue weighted by molar-refractivity contribution is -0.145. The lowest BCUT2D eigenvalue weighted by Gasteiger charge is -2.10. The molecule has 0 fully saturated rings. The average molecular weight is 409 g/mol. The van der Waals surface area contributed by atoms with E-state index in [-0.39, 0.29) is 18.2 Å². The normalized spacial score (nSPS) is 11.5. The summed E-state index contributed by atoms with van der Waals surface area (Å²) in [5, 5.41) is 8.14. The highest BCUT2D eigenvalue weighted by atomic mass is 32.2. The van der Waals surface area contributed by atoms with Crippen molar-refractivity contribution in [3.63, 3.8) is 0 Å². The number of ether oxygens (including phenoxy) is 1. The third-order valence-corrected chi connectivity index (χ3v) is 4.61. The van der Waals surface area contributed by atoms with E-state index in [0.717, 1.165) is 11.8 Å². The van der Waals surface area contributed by atoms with Gasteiger partial charge in [0.05, 0.1) is 11.0 Å². The van der Waals surface area contributed by atoms with Crippen LogP contribution >= 0.6 is 11.8 Å². The van der Waals surface area contributed by atoms with E-state index in [4.69, 9.17) is 9.26 Å². The highest BCUT2D eigenvalue weighted by Crippen LogP contribution is 2.14. The minimum absolute atomic E-state index is 0.00344. The summed E-state index contributed by atoms with van der Waals surface area (Å²) >= 11 is 1.06. The molecule has 0 saturated carbocycles. The number of anilines is 1. The Hall–Kier alpha value is -2.88. The van der Waals surface area contributed by atoms with Crippen molar-refractivity contribution in [2.75, 3.05) is 17.7 Å². The van der Waals surface area contributed by atoms with Gasteiger partial charge in [0, 0.05) is 18.2 Å². The summed E-state index contributed by atoms with van der Waals surface area (Å²) in [5.74, 6) is -1.20. The summed E-state index contributed by atoms with van der Waals surface area (Å²) < 4.78 is 23.2. The molecule has 10 heteroatoms. The fourth-order valence-corrected chi connectivity index (χ4v) is 2.68. The molecule has 8 nitrogen and oxygen atoms in total. The first kappa shape index (κ1) is 21.4. The number of aryl methyl sites for hydroxylation is 1. The van der Waals surface area contributed by atoms with E-state index in [1.807, 2.05) is 0 Å². The fraction of sp³-hybridized carbons (Fsp3) is 0.333. The molecule has 2 aromatic rings. The zero-order chi connectivity index (χ0) is 20.5. The molecule has 1 heterocycles. The van der Waals surface area contributed by atoms with Crippen LogP contribution in [0.4, 0.5) is 10.2 Å². The average Bonchev–Trinajstić information content (AvgIpc) is 3.08. The smallest absolute Gasteiger partial charge is 0.316 e. The van der Waals surface area contributed by atoms with E-state index >= 15 is 0 Å². The third kappa shape index (κ3) is 7.03. The number of aromatic nitrogens is 1. The van der Waals surface area contributed by atoms with Crippen LogP contribution in [-0.4, -0.2) is 40.6 Å². The standard InChI is InChI=1S/C18H20FN3O5S/c1-11-7-15(22-27-11)21-18(25)12(2)28-10-17(24)26-9-16(23)20-8-13-5-3-4-6-14(13)19/h3-7,12H,8-10H2,1-2H3,(H,20,23)(H,21,22,25)/t12-/m0/s1. The maximum Gasteiger partial charge on any atom is 0.316 e. The number of hydrogen-bond donors (Lipinski definition) is 2. The maximum absolute atomic E-state index is 13.5. The Morgan fingerprint density at radius 2 is 2.07 bits per heavy atom. The molecule has 2 N–H and O–H groups in total. The molecule has 0 bridgehead atoms. The predicted molar refractivity (Wildman–Crippen MR) is 101 cm³/mol. The van der Waals surface area contributed by atoms with Gasteiger partial charge >= 0.3 is 5.97 Å². The Morgan fingerprint density at radius 1 is 1.32 bits per heavy atom. The first-order chi connectivity index (χ1) is 13.3. The van der Waals surface area contributed by atoms with Crippen LogP contribution in [0.3, 0.4) is 0 Å². The molecule has 1 aromatic heterocycles. The van der Waals surface area contributed by atoms with Gasteiger partial charge in [0.2, 0.25) is 5.91 Å². The van der Waals surface area contributed by atoms with Gasteiger partial charge in [-0.3, -0.25) is 14.4 Å². The van der Waals surface area contributed by atoms with Crippen molar-refractivity contribution in [2.24, 2.45) is 0 Å². The predicted octanol–water partition coefficient (Wildman–Crippen LogP) is 2.04. The quantitative estimate of drug-likeness (QED) is 0.610. The minimum atomic E-state index is -0.636. The monoisotopic (exact) mass is 409 g/mol. The summed E-state index contributed by atoms with van der Waals surface area (Å²) in [6.45, 7) is 2.84. The molecule has 2 rings (SSSR count). The highest BCUT2D eigenvalue weighted by molar-refractivity contribution is 8.01. The van der Waals surface area contributed by atoms with Crippen LogP contribution in [0.2, 0.25) is 0 Å². The van der Waals surface area contributed by atoms with Crippen LogP contribution in [-0.2, 0) is 25.7 Å². The van der Waals surface area contributed by atoms with Gasteiger partial charge in [-0.15, -0.1) is 11.8 Å². The van der Waals surface area contributed by atoms with Crippen molar-refractivity contribution < 1.29 is 28.0 Å². The van der Waals surface area contributed by atoms with E-state index in [9.17, 15) is 18.8 Å². The summed E-state index contributed by atoms with van der Waals surface area (Å²) in [5.41, 5.74) is 0.333. The van der Waals surface area contributed by atoms with Gasteiger partial charge in [-0.25, -0.2) is 4.39 Å². The van der Waals surface area contributed by atoms with Gasteiger partial charge in [0.15, 0.2) is 12.4 Å². The van der Waals surface area contributed by atoms with Crippen LogP contribution in [0.1, 0.15) is 18.2 Å². The zero-order valence-corrected chi connectivity index (χ0v) is 16.2. The number of esters is 1. The summed E-state index contributed by atoms with van der Waals surface area (Å²) in [6.07, 6.45) is 0. The number of thioether (sulfide) groups is 1. The number of hydrogen-bond acceptors (Lipinski definition) is 7. The molecule has 1 aromatic carbocycles. The van der Waals surface area contributed by atoms with E-state index in [2.05, 4.69) is 15.8 Å². The lowest BCUT2D eigenvalue weighted by atomic mass is 10.2. The Bertz CT molecular complexity index is 842. The van der Waals surface area contributed by atoms with Crippen LogP contribution in [0.5, 0.6) is 0 Å². The topological polar surface area (TPSA) is 111 Å². The van der Waals surface area contributed by atoms with E-state index in [0.29, 0.717) is 17.1 Å². The van der Waals surface area contributed by atoms with Crippen LogP contribution < -0.4 is 10.6 Å². The van der Waals surface area contributed by atoms with Crippen LogP contribution in [0.15, 0.2) is 34.9 Å². The first-order valence-corrected chi connectivity index (χ1v) is 9.41. The Balaban J connectivity index is 1.64. The van der Waals surface area contributed by atoms with Gasteiger partial charge in [0.25, 0.3) is 5.91 Å². The highest BCUT2D eigenvalue weighted by Gasteiger charge is 2.18. The summed E-state index contributed by atoms with van der Waals surface area (Å²) in [4.78, 5) is 35.4. The number of carbonyl (C=O) groups is 3. The number of rotatable bonds is 9. The molecule has 0 radical (unpaired) electrons. The molecule has 0 spiro atoms. The summed E-state index contributed by atoms with van der Waals surface area (Å²) in [7, 11) is 0. The number of amides is 2. The van der Waals surface area contributed by atoms with E-state index < -0.39 is 29.6 Å². The number of halogens is 1. The van der Waals surface area contributed by atoms with Crippen LogP contribution in [0.25, 0.3) is 0 Å². The number of nitrogens with one attached hydrogen (secondary N) is 2. The molecule has 0 aliphatic heterocycles. The molecule has 0 aliphatic rings. The van der Waals surface area contributed by atoms with Gasteiger partial charge < -0.3 is 19.9 Å². The molecule has 0 unspecified atom stereocenters. The van der Waals surface area contributed by atoms with Gasteiger partial charge in [0.1, 0.15) is 11.6 Å². The van der Waals surface area contributed by atoms with Crippen molar-refractivity contribution in [2.45, 2.75) is 25.6 Å². The zero-order valence-electron chi connectivity index (χ0n) is 15.4. The SMILES string of the molecule is Cc1cc(NC(=O)[C@H](C)SCC(=O)OCC(=O)NCc2ccccc2F)no1. The molecule has 0 saturated heterocycles. The van der Waals surface area contributed by atoms with Gasteiger partial charge in [-0.05, 0) is 19.9 Å². The Morgan fingerprint density at radius 3 is 2.75 bits per heavy atom. The van der Waals surface area contributed by atoms with Gasteiger partial charge in [-0.2, -0.15) is 0 Å². The largest absolute Gasteiger partial charge is 0.455 e. The molecule has 150 valence electrons. The van der Waals surface area contributed by atoms with Crippen molar-refractivity contribution in [3.05, 3.63) is 47.5 Å². The van der Waals surface area contributed by atoms with E-state index in [1.54, 1.807) is 38.1 Å². The third-order valence-electron chi connectivity index (χ3n) is 3.50. The fourth-order valence-electron chi connectivity index (χ4n) is 2.00. The van der Waals surface area contributed by atoms with Gasteiger partial charge in [-0.1, -0.05) is 23.4 Å². The molecular weight excluding hydrogens is 389 g/mol. The van der Waals surface area contributed by atoms with Crippen molar-refractivity contribution in [3.8, 4) is 0 Å². The second-order valence-electron chi connectivity index (χ2n) is 5.79. The number of nitrogens with zero attached hydrogens (tertiary/aromatic N) is 1. The van der Waals surface area contributed by atoms with Crippen molar-refractivity contribution in [1.82, 2.24) is 10.5 Å². The number of carbonyl (C=O) groups excluding carboxylic acids is 3. The van der Waals surface area contributed by atoms with Crippen LogP contribution in [0, 0.1) is 12.7 Å². The minimum Gasteiger partial charge on any atom is -0.455 e. The Labute approximate surface area is 165 Å². The second kappa shape index (κ2) is 10.5. The maximum atomic E-state index is 13.5. The second-order valence-corrected chi connectivity index (χ2v) is 7.12. The molecule has 28 heavy (non-hydrogen) atoms. The Kier molecular flexibility index (Phi) is 8.00. The van der Waals surface area contributed by atoms with Crippen molar-refractivity contribution in [1.29, 1.82) is 0 Å². The summed E-state index contributed by atoms with van der Waals surface area (Å²) in [6, 6.07) is 7.62. The first-order valence-electron chi connectivity index (χ1n) is 8.36. The molecule has 0 aliphatic carbocycles. The molecule has 2 amide bonds. The molecule has 1 atom stereocenters.